The Labute approximate surface area is 112 Å². The van der Waals surface area contributed by atoms with E-state index in [-0.39, 0.29) is 6.10 Å². The lowest BCUT2D eigenvalue weighted by atomic mass is 9.97. The third-order valence-corrected chi connectivity index (χ3v) is 3.98. The van der Waals surface area contributed by atoms with Gasteiger partial charge in [-0.25, -0.2) is 0 Å². The van der Waals surface area contributed by atoms with Crippen molar-refractivity contribution in [2.24, 2.45) is 5.18 Å². The van der Waals surface area contributed by atoms with Crippen molar-refractivity contribution in [1.29, 1.82) is 0 Å². The number of rotatable bonds is 3. The monoisotopic (exact) mass is 258 g/mol. The Bertz CT molecular complexity index is 618. The second-order valence-electron chi connectivity index (χ2n) is 5.00. The lowest BCUT2D eigenvalue weighted by Crippen LogP contribution is -2.18. The van der Waals surface area contributed by atoms with E-state index in [1.165, 1.54) is 5.56 Å². The summed E-state index contributed by atoms with van der Waals surface area (Å²) in [6, 6.07) is 5.85. The number of ether oxygens (including phenoxy) is 1. The summed E-state index contributed by atoms with van der Waals surface area (Å²) in [5.41, 5.74) is 4.48. The molecule has 2 heterocycles. The van der Waals surface area contributed by atoms with Gasteiger partial charge in [-0.3, -0.25) is 0 Å². The first-order valence-electron chi connectivity index (χ1n) is 6.87. The summed E-state index contributed by atoms with van der Waals surface area (Å²) in [7, 11) is 0. The third-order valence-electron chi connectivity index (χ3n) is 3.98. The summed E-state index contributed by atoms with van der Waals surface area (Å²) in [6.45, 7) is 4.62. The van der Waals surface area contributed by atoms with Gasteiger partial charge in [0.15, 0.2) is 0 Å². The van der Waals surface area contributed by atoms with Crippen molar-refractivity contribution in [3.63, 3.8) is 0 Å². The molecule has 2 atom stereocenters. The Morgan fingerprint density at radius 2 is 2.26 bits per heavy atom. The van der Waals surface area contributed by atoms with Crippen molar-refractivity contribution in [1.82, 2.24) is 4.98 Å². The van der Waals surface area contributed by atoms with Gasteiger partial charge in [0.1, 0.15) is 6.04 Å². The van der Waals surface area contributed by atoms with Crippen LogP contribution in [0.5, 0.6) is 0 Å². The standard InChI is InChI=1S/C15H18N2O2/c1-3-9-6-5-7-10-13-11(17-18)8-19-12(4-2)15(13)16-14(9)10/h5-7,11-12,16H,3-4,8H2,1-2H3. The van der Waals surface area contributed by atoms with E-state index in [2.05, 4.69) is 36.1 Å². The average molecular weight is 258 g/mol. The molecule has 0 bridgehead atoms. The molecule has 0 amide bonds. The minimum atomic E-state index is -0.390. The zero-order chi connectivity index (χ0) is 13.4. The number of H-pyrrole nitrogens is 1. The summed E-state index contributed by atoms with van der Waals surface area (Å²) in [5, 5.41) is 4.37. The first-order valence-corrected chi connectivity index (χ1v) is 6.87. The SMILES string of the molecule is CCc1cccc2c3c([nH]c12)C(CC)OCC3N=O. The summed E-state index contributed by atoms with van der Waals surface area (Å²) in [5.74, 6) is 0. The van der Waals surface area contributed by atoms with E-state index in [4.69, 9.17) is 4.74 Å². The van der Waals surface area contributed by atoms with E-state index in [0.29, 0.717) is 6.61 Å². The number of nitrogens with one attached hydrogen (secondary N) is 1. The van der Waals surface area contributed by atoms with Crippen LogP contribution in [0, 0.1) is 4.91 Å². The van der Waals surface area contributed by atoms with Crippen molar-refractivity contribution in [2.45, 2.75) is 38.8 Å². The first-order chi connectivity index (χ1) is 9.30. The number of benzene rings is 1. The van der Waals surface area contributed by atoms with Crippen molar-refractivity contribution in [3.8, 4) is 0 Å². The number of aryl methyl sites for hydroxylation is 1. The number of para-hydroxylation sites is 1. The van der Waals surface area contributed by atoms with Crippen LogP contribution in [0.3, 0.4) is 0 Å². The molecular weight excluding hydrogens is 240 g/mol. The molecule has 1 N–H and O–H groups in total. The van der Waals surface area contributed by atoms with Gasteiger partial charge >= 0.3 is 0 Å². The number of aromatic nitrogens is 1. The summed E-state index contributed by atoms with van der Waals surface area (Å²) >= 11 is 0. The molecule has 0 fully saturated rings. The number of aromatic amines is 1. The molecule has 100 valence electrons. The number of nitrogens with zero attached hydrogens (tertiary/aromatic N) is 1. The second kappa shape index (κ2) is 4.78. The van der Waals surface area contributed by atoms with Gasteiger partial charge < -0.3 is 9.72 Å². The molecule has 0 aliphatic carbocycles. The maximum Gasteiger partial charge on any atom is 0.143 e. The number of hydrogen-bond acceptors (Lipinski definition) is 3. The molecule has 1 aromatic carbocycles. The molecule has 1 aliphatic rings. The molecule has 2 aromatic rings. The van der Waals surface area contributed by atoms with E-state index >= 15 is 0 Å². The van der Waals surface area contributed by atoms with Crippen molar-refractivity contribution < 1.29 is 4.74 Å². The van der Waals surface area contributed by atoms with Crippen LogP contribution in [0.25, 0.3) is 10.9 Å². The van der Waals surface area contributed by atoms with Gasteiger partial charge in [-0.1, -0.05) is 37.2 Å². The minimum absolute atomic E-state index is 0.0464. The van der Waals surface area contributed by atoms with Crippen LogP contribution in [0.15, 0.2) is 23.4 Å². The Balaban J connectivity index is 2.29. The summed E-state index contributed by atoms with van der Waals surface area (Å²) in [4.78, 5) is 14.5. The smallest absolute Gasteiger partial charge is 0.143 e. The normalized spacial score (nSPS) is 22.4. The number of hydrogen-bond donors (Lipinski definition) is 1. The molecule has 4 heteroatoms. The minimum Gasteiger partial charge on any atom is -0.369 e. The van der Waals surface area contributed by atoms with Crippen LogP contribution in [0.4, 0.5) is 0 Å². The summed E-state index contributed by atoms with van der Waals surface area (Å²) < 4.78 is 5.74. The lowest BCUT2D eigenvalue weighted by molar-refractivity contribution is 0.0244. The highest BCUT2D eigenvalue weighted by Gasteiger charge is 2.31. The quantitative estimate of drug-likeness (QED) is 0.845. The zero-order valence-electron chi connectivity index (χ0n) is 11.3. The van der Waals surface area contributed by atoms with E-state index < -0.39 is 6.04 Å². The second-order valence-corrected chi connectivity index (χ2v) is 5.00. The number of fused-ring (bicyclic) bond motifs is 3. The highest BCUT2D eigenvalue weighted by Crippen LogP contribution is 2.41. The van der Waals surface area contributed by atoms with Gasteiger partial charge in [-0.15, -0.1) is 0 Å². The zero-order valence-corrected chi connectivity index (χ0v) is 11.3. The molecule has 1 aromatic heterocycles. The topological polar surface area (TPSA) is 54.4 Å². The molecular formula is C15H18N2O2. The van der Waals surface area contributed by atoms with Crippen LogP contribution in [0.2, 0.25) is 0 Å². The van der Waals surface area contributed by atoms with Crippen molar-refractivity contribution in [3.05, 3.63) is 39.9 Å². The van der Waals surface area contributed by atoms with E-state index in [1.54, 1.807) is 0 Å². The summed E-state index contributed by atoms with van der Waals surface area (Å²) in [6.07, 6.45) is 1.91. The van der Waals surface area contributed by atoms with Crippen LogP contribution in [-0.4, -0.2) is 11.6 Å². The maximum absolute atomic E-state index is 11.1. The predicted molar refractivity (Wildman–Crippen MR) is 75.2 cm³/mol. The van der Waals surface area contributed by atoms with E-state index in [1.807, 2.05) is 6.07 Å². The fourth-order valence-corrected chi connectivity index (χ4v) is 3.01. The maximum atomic E-state index is 11.1. The fourth-order valence-electron chi connectivity index (χ4n) is 3.01. The van der Waals surface area contributed by atoms with Crippen LogP contribution < -0.4 is 0 Å². The average Bonchev–Trinajstić information content (AvgIpc) is 2.85. The molecule has 0 spiro atoms. The molecule has 19 heavy (non-hydrogen) atoms. The van der Waals surface area contributed by atoms with Gasteiger partial charge in [0.2, 0.25) is 0 Å². The fraction of sp³-hybridized carbons (Fsp3) is 0.467. The molecule has 0 saturated heterocycles. The Morgan fingerprint density at radius 3 is 2.95 bits per heavy atom. The Hall–Kier alpha value is -1.68. The van der Waals surface area contributed by atoms with Crippen LogP contribution in [-0.2, 0) is 11.2 Å². The molecule has 1 aliphatic heterocycles. The molecule has 2 unspecified atom stereocenters. The largest absolute Gasteiger partial charge is 0.369 e. The molecule has 0 saturated carbocycles. The molecule has 0 radical (unpaired) electrons. The lowest BCUT2D eigenvalue weighted by Gasteiger charge is -2.25. The van der Waals surface area contributed by atoms with Gasteiger partial charge in [-0.2, -0.15) is 4.91 Å². The molecule has 3 rings (SSSR count). The Kier molecular flexibility index (Phi) is 3.11. The van der Waals surface area contributed by atoms with Crippen molar-refractivity contribution in [2.75, 3.05) is 6.61 Å². The molecule has 4 nitrogen and oxygen atoms in total. The van der Waals surface area contributed by atoms with E-state index in [9.17, 15) is 4.91 Å². The van der Waals surface area contributed by atoms with Crippen LogP contribution >= 0.6 is 0 Å². The number of nitroso groups, excluding NO2 is 1. The van der Waals surface area contributed by atoms with Gasteiger partial charge in [-0.05, 0) is 18.4 Å². The van der Waals surface area contributed by atoms with Gasteiger partial charge in [0.25, 0.3) is 0 Å². The predicted octanol–water partition coefficient (Wildman–Crippen LogP) is 4.02. The van der Waals surface area contributed by atoms with Gasteiger partial charge in [0.05, 0.1) is 18.4 Å². The Morgan fingerprint density at radius 1 is 1.42 bits per heavy atom. The third kappa shape index (κ3) is 1.78. The van der Waals surface area contributed by atoms with Crippen LogP contribution in [0.1, 0.15) is 49.2 Å². The highest BCUT2D eigenvalue weighted by atomic mass is 16.5. The first kappa shape index (κ1) is 12.4. The van der Waals surface area contributed by atoms with E-state index in [0.717, 1.165) is 35.0 Å². The highest BCUT2D eigenvalue weighted by molar-refractivity contribution is 5.88. The van der Waals surface area contributed by atoms with Gasteiger partial charge in [0, 0.05) is 16.5 Å². The van der Waals surface area contributed by atoms with Crippen molar-refractivity contribution >= 4 is 10.9 Å².